The number of halogens is 6. The van der Waals surface area contributed by atoms with Crippen LogP contribution >= 0.6 is 69.6 Å². The highest BCUT2D eigenvalue weighted by Gasteiger charge is 2.33. The van der Waals surface area contributed by atoms with Crippen molar-refractivity contribution in [1.29, 1.82) is 0 Å². The van der Waals surface area contributed by atoms with Crippen molar-refractivity contribution >= 4 is 99.7 Å². The van der Waals surface area contributed by atoms with E-state index < -0.39 is 30.1 Å². The predicted molar refractivity (Wildman–Crippen MR) is 468 cm³/mol. The molecule has 6 heterocycles. The highest BCUT2D eigenvalue weighted by Crippen LogP contribution is 2.43. The van der Waals surface area contributed by atoms with Crippen LogP contribution in [0.15, 0.2) is 142 Å². The third kappa shape index (κ3) is 27.9. The van der Waals surface area contributed by atoms with Gasteiger partial charge in [0, 0.05) is 145 Å². The maximum absolute atomic E-state index is 13.5. The topological polar surface area (TPSA) is 299 Å². The molecule has 12 rings (SSSR count). The summed E-state index contributed by atoms with van der Waals surface area (Å²) in [5.74, 6) is -0.275. The van der Waals surface area contributed by atoms with Gasteiger partial charge in [0.2, 0.25) is 30.1 Å². The Balaban J connectivity index is 0.538. The van der Waals surface area contributed by atoms with Gasteiger partial charge in [0.05, 0.1) is 130 Å². The third-order valence-electron chi connectivity index (χ3n) is 21.5. The van der Waals surface area contributed by atoms with Crippen molar-refractivity contribution in [3.63, 3.8) is 0 Å². The summed E-state index contributed by atoms with van der Waals surface area (Å²) in [6.45, 7) is 11.3. The van der Waals surface area contributed by atoms with Gasteiger partial charge in [-0.15, -0.1) is 15.3 Å². The van der Waals surface area contributed by atoms with E-state index in [9.17, 15) is 25.3 Å². The van der Waals surface area contributed by atoms with Gasteiger partial charge in [0.15, 0.2) is 0 Å². The minimum absolute atomic E-state index is 0.0660. The Bertz CT molecular complexity index is 5000. The van der Waals surface area contributed by atoms with E-state index in [4.69, 9.17) is 98.0 Å². The van der Waals surface area contributed by atoms with Gasteiger partial charge in [-0.05, 0) is 157 Å². The number of nitrogens with one attached hydrogen (secondary N) is 3. The zero-order valence-electron chi connectivity index (χ0n) is 68.5. The summed E-state index contributed by atoms with van der Waals surface area (Å²) in [6.07, 6.45) is 14.7. The lowest BCUT2D eigenvalue weighted by molar-refractivity contribution is 0.0137. The van der Waals surface area contributed by atoms with Crippen LogP contribution in [0.1, 0.15) is 143 Å². The third-order valence-corrected chi connectivity index (χ3v) is 27.6. The molecule has 37 heteroatoms. The van der Waals surface area contributed by atoms with E-state index in [2.05, 4.69) is 64.7 Å². The molecule has 9 aromatic rings. The summed E-state index contributed by atoms with van der Waals surface area (Å²) in [6, 6.07) is 32.2. The van der Waals surface area contributed by atoms with Crippen molar-refractivity contribution in [2.45, 2.75) is 149 Å². The van der Waals surface area contributed by atoms with Crippen LogP contribution in [0.5, 0.6) is 0 Å². The van der Waals surface area contributed by atoms with Crippen molar-refractivity contribution in [2.24, 2.45) is 0 Å². The second kappa shape index (κ2) is 46.3. The zero-order chi connectivity index (χ0) is 85.3. The normalized spacial score (nSPS) is 16.2. The fraction of sp³-hybridized carbons (Fsp3) is 0.500. The molecule has 0 aliphatic carbocycles. The van der Waals surface area contributed by atoms with Crippen LogP contribution in [0.2, 0.25) is 30.1 Å². The van der Waals surface area contributed by atoms with E-state index in [1.807, 2.05) is 74.6 Å². The standard InChI is InChI=1S/C84H108Cl6N16O12S3/c1-100-55-76(73-43-64(85)46-82(88)79(73)58-100)61-16-13-19-70(40-61)119(107,108)92-22-11-9-7-5-4-6-8-10-12-25-106-69(49-91-97-106)54-103(50-67-52-104(98-95-67)26-30-115-34-38-117-36-32-113-28-23-93-120(109,110)71-20-14-17-62(41-71)77-56-101(2)59-80-74(77)44-65(86)47-83(80)89)51-68-53-105(99-96-68)27-31-116-35-39-118-37-33-114-29-24-94-121(111,112)72-21-15-18-63(42-72)78-57-102(3)60-81-75(78)45-66(87)48-84(81)90/h13-21,40-49,52-53,76-78,92-94H,4-12,22-39,50-51,54-60H2,1-3H3/t76-,77-,78-/m0/s1. The molecule has 0 unspecified atom stereocenters. The summed E-state index contributed by atoms with van der Waals surface area (Å²) < 4.78 is 129. The van der Waals surface area contributed by atoms with E-state index in [0.29, 0.717) is 162 Å². The molecule has 3 aliphatic rings. The Kier molecular flexibility index (Phi) is 36.0. The van der Waals surface area contributed by atoms with Crippen molar-refractivity contribution in [2.75, 3.05) is 140 Å². The number of sulfonamides is 3. The van der Waals surface area contributed by atoms with E-state index in [1.165, 1.54) is 0 Å². The van der Waals surface area contributed by atoms with Crippen LogP contribution in [-0.2, 0) is 117 Å². The first kappa shape index (κ1) is 94.0. The number of ether oxygens (including phenoxy) is 6. The number of unbranched alkanes of at least 4 members (excludes halogenated alkanes) is 8. The molecular formula is C84H108Cl6N16O12S3. The number of rotatable bonds is 51. The number of benzene rings is 6. The summed E-state index contributed by atoms with van der Waals surface area (Å²) in [5, 5.41) is 30.2. The molecule has 121 heavy (non-hydrogen) atoms. The van der Waals surface area contributed by atoms with E-state index in [-0.39, 0.29) is 72.0 Å². The molecule has 28 nitrogen and oxygen atoms in total. The molecule has 0 fully saturated rings. The molecule has 3 N–H and O–H groups in total. The average Bonchev–Trinajstić information content (AvgIpc) is 0.908. The Morgan fingerprint density at radius 1 is 0.397 bits per heavy atom. The van der Waals surface area contributed by atoms with Gasteiger partial charge >= 0.3 is 0 Å². The first-order valence-electron chi connectivity index (χ1n) is 41.0. The van der Waals surface area contributed by atoms with Gasteiger partial charge in [-0.1, -0.05) is 167 Å². The SMILES string of the molecule is CN1Cc2c(Cl)cc(Cl)cc2[C@H](c2cccc(S(=O)(=O)NCCCCCCCCCCCn3nncc3CN(Cc3cn(CCOCCOCCOCCNS(=O)(=O)c4cccc([C@@H]5CN(C)Cc6c(Cl)cc(Cl)cc65)c4)nn3)Cc3cn(CCOCCOCCOCCNS(=O)(=O)c4cccc([C@@H]5CN(C)Cc6c(Cl)cc(Cl)cc65)c4)nn3)c2)C1. The van der Waals surface area contributed by atoms with Crippen LogP contribution in [0.25, 0.3) is 0 Å². The quantitative estimate of drug-likeness (QED) is 0.0298. The molecule has 0 amide bonds. The van der Waals surface area contributed by atoms with Gasteiger partial charge in [0.1, 0.15) is 0 Å². The van der Waals surface area contributed by atoms with Crippen LogP contribution in [0, 0.1) is 0 Å². The average molecular weight is 1840 g/mol. The molecule has 3 aromatic heterocycles. The van der Waals surface area contributed by atoms with Crippen LogP contribution < -0.4 is 14.2 Å². The monoisotopic (exact) mass is 1840 g/mol. The molecule has 0 bridgehead atoms. The molecule has 0 radical (unpaired) electrons. The van der Waals surface area contributed by atoms with E-state index >= 15 is 0 Å². The number of aromatic nitrogens is 9. The first-order valence-corrected chi connectivity index (χ1v) is 47.8. The highest BCUT2D eigenvalue weighted by atomic mass is 35.5. The van der Waals surface area contributed by atoms with E-state index in [1.54, 1.807) is 88.4 Å². The van der Waals surface area contributed by atoms with Crippen LogP contribution in [-0.4, -0.2) is 230 Å². The Hall–Kier alpha value is -6.19. The molecule has 3 atom stereocenters. The summed E-state index contributed by atoms with van der Waals surface area (Å²) >= 11 is 39.0. The maximum atomic E-state index is 13.5. The fourth-order valence-corrected chi connectivity index (χ4v) is 20.5. The molecule has 0 saturated heterocycles. The van der Waals surface area contributed by atoms with Gasteiger partial charge in [-0.25, -0.2) is 53.5 Å². The number of hydrogen-bond donors (Lipinski definition) is 3. The second-order valence-corrected chi connectivity index (χ2v) is 38.8. The summed E-state index contributed by atoms with van der Waals surface area (Å²) in [7, 11) is -5.29. The van der Waals surface area contributed by atoms with Crippen LogP contribution in [0.4, 0.5) is 0 Å². The van der Waals surface area contributed by atoms with Gasteiger partial charge in [0.25, 0.3) is 0 Å². The van der Waals surface area contributed by atoms with Crippen LogP contribution in [0.3, 0.4) is 0 Å². The molecule has 656 valence electrons. The lowest BCUT2D eigenvalue weighted by atomic mass is 9.85. The molecule has 6 aromatic carbocycles. The first-order chi connectivity index (χ1) is 58.4. The molecule has 3 aliphatic heterocycles. The largest absolute Gasteiger partial charge is 0.378 e. The zero-order valence-corrected chi connectivity index (χ0v) is 75.5. The Morgan fingerprint density at radius 2 is 0.744 bits per heavy atom. The summed E-state index contributed by atoms with van der Waals surface area (Å²) in [4.78, 5) is 9.30. The summed E-state index contributed by atoms with van der Waals surface area (Å²) in [5.41, 5.74) is 11.1. The van der Waals surface area contributed by atoms with Gasteiger partial charge in [-0.2, -0.15) is 0 Å². The minimum Gasteiger partial charge on any atom is -0.378 e. The highest BCUT2D eigenvalue weighted by molar-refractivity contribution is 7.90. The number of hydrogen-bond acceptors (Lipinski definition) is 22. The fourth-order valence-electron chi connectivity index (χ4n) is 15.5. The number of likely N-dealkylation sites (N-methyl/N-ethyl adjacent to an activating group) is 3. The number of fused-ring (bicyclic) bond motifs is 3. The smallest absolute Gasteiger partial charge is 0.240 e. The van der Waals surface area contributed by atoms with Gasteiger partial charge < -0.3 is 43.1 Å². The van der Waals surface area contributed by atoms with Crippen molar-refractivity contribution in [3.8, 4) is 0 Å². The minimum atomic E-state index is -3.82. The molecule has 0 spiro atoms. The van der Waals surface area contributed by atoms with E-state index in [0.717, 1.165) is 131 Å². The maximum Gasteiger partial charge on any atom is 0.240 e. The van der Waals surface area contributed by atoms with Gasteiger partial charge in [-0.3, -0.25) is 4.90 Å². The Labute approximate surface area is 740 Å². The molecular weight excluding hydrogens is 1730 g/mol. The predicted octanol–water partition coefficient (Wildman–Crippen LogP) is 12.9. The Morgan fingerprint density at radius 3 is 1.13 bits per heavy atom. The van der Waals surface area contributed by atoms with Crippen molar-refractivity contribution < 1.29 is 53.7 Å². The molecule has 0 saturated carbocycles. The number of aryl methyl sites for hydroxylation is 1. The van der Waals surface area contributed by atoms with Crippen molar-refractivity contribution in [3.05, 3.63) is 225 Å². The lowest BCUT2D eigenvalue weighted by Gasteiger charge is -2.33. The lowest BCUT2D eigenvalue weighted by Crippen LogP contribution is -2.31. The van der Waals surface area contributed by atoms with Crippen molar-refractivity contribution in [1.82, 2.24) is 78.7 Å². The number of nitrogens with zero attached hydrogens (tertiary/aromatic N) is 13. The second-order valence-electron chi connectivity index (χ2n) is 30.9.